The van der Waals surface area contributed by atoms with Crippen molar-refractivity contribution in [3.63, 3.8) is 0 Å². The molecule has 0 fully saturated rings. The second-order valence-electron chi connectivity index (χ2n) is 5.96. The van der Waals surface area contributed by atoms with Crippen molar-refractivity contribution in [2.24, 2.45) is 0 Å². The molecular weight excluding hydrogens is 398 g/mol. The molecule has 0 saturated carbocycles. The van der Waals surface area contributed by atoms with Gasteiger partial charge in [-0.3, -0.25) is 5.10 Å². The van der Waals surface area contributed by atoms with Crippen LogP contribution in [0.3, 0.4) is 0 Å². The van der Waals surface area contributed by atoms with Gasteiger partial charge in [-0.1, -0.05) is 16.8 Å². The van der Waals surface area contributed by atoms with Crippen LogP contribution in [0.15, 0.2) is 51.6 Å². The number of carbonyl (C=O) groups excluding carboxylic acids is 1. The third-order valence-electron chi connectivity index (χ3n) is 3.88. The smallest absolute Gasteiger partial charge is 0.315 e. The Morgan fingerprint density at radius 1 is 1.10 bits per heavy atom. The molecule has 0 unspecified atom stereocenters. The number of aromatic amines is 1. The molecule has 4 aromatic rings. The van der Waals surface area contributed by atoms with Gasteiger partial charge in [-0.25, -0.2) is 9.78 Å². The Hall–Kier alpha value is -3.66. The second kappa shape index (κ2) is 8.57. The van der Waals surface area contributed by atoms with E-state index in [1.54, 1.807) is 30.5 Å². The summed E-state index contributed by atoms with van der Waals surface area (Å²) in [5.74, 6) is 2.39. The minimum absolute atomic E-state index is 0.195. The summed E-state index contributed by atoms with van der Waals surface area (Å²) in [7, 11) is 0. The van der Waals surface area contributed by atoms with Crippen molar-refractivity contribution in [3.05, 3.63) is 59.4 Å². The second-order valence-corrected chi connectivity index (χ2v) is 6.40. The average molecular weight is 414 g/mol. The average Bonchev–Trinajstić information content (AvgIpc) is 3.48. The van der Waals surface area contributed by atoms with Crippen LogP contribution < -0.4 is 10.6 Å². The van der Waals surface area contributed by atoms with Gasteiger partial charge in [-0.15, -0.1) is 5.10 Å². The molecule has 29 heavy (non-hydrogen) atoms. The fourth-order valence-corrected chi connectivity index (χ4v) is 2.60. The van der Waals surface area contributed by atoms with E-state index in [1.165, 1.54) is 0 Å². The first-order valence-electron chi connectivity index (χ1n) is 8.73. The Labute approximate surface area is 169 Å². The first-order chi connectivity index (χ1) is 14.2. The number of furan rings is 1. The van der Waals surface area contributed by atoms with E-state index in [4.69, 9.17) is 20.5 Å². The SMILES string of the molecule is O=C(NCCc1nc(-c2ccc(Cl)cc2)no1)NCc1nc(-c2ccco2)n[nH]1. The van der Waals surface area contributed by atoms with Crippen molar-refractivity contribution in [1.82, 2.24) is 36.0 Å². The summed E-state index contributed by atoms with van der Waals surface area (Å²) in [5, 5.41) is 16.7. The molecule has 0 aliphatic heterocycles. The van der Waals surface area contributed by atoms with Gasteiger partial charge in [-0.2, -0.15) is 4.98 Å². The highest BCUT2D eigenvalue weighted by atomic mass is 35.5. The quantitative estimate of drug-likeness (QED) is 0.424. The summed E-state index contributed by atoms with van der Waals surface area (Å²) >= 11 is 5.87. The molecule has 3 N–H and O–H groups in total. The molecule has 0 aliphatic rings. The number of urea groups is 1. The minimum atomic E-state index is -0.349. The summed E-state index contributed by atoms with van der Waals surface area (Å²) in [6.07, 6.45) is 1.94. The van der Waals surface area contributed by atoms with E-state index in [2.05, 4.69) is 36.0 Å². The van der Waals surface area contributed by atoms with Gasteiger partial charge in [0.1, 0.15) is 5.82 Å². The van der Waals surface area contributed by atoms with E-state index < -0.39 is 0 Å². The number of halogens is 1. The van der Waals surface area contributed by atoms with Gasteiger partial charge in [0.2, 0.25) is 17.5 Å². The van der Waals surface area contributed by atoms with E-state index >= 15 is 0 Å². The molecule has 0 radical (unpaired) electrons. The lowest BCUT2D eigenvalue weighted by atomic mass is 10.2. The van der Waals surface area contributed by atoms with Crippen LogP contribution in [0.4, 0.5) is 4.79 Å². The number of hydrogen-bond acceptors (Lipinski definition) is 7. The number of nitrogens with one attached hydrogen (secondary N) is 3. The Morgan fingerprint density at radius 2 is 1.97 bits per heavy atom. The number of hydrogen-bond donors (Lipinski definition) is 3. The molecule has 0 spiro atoms. The zero-order chi connectivity index (χ0) is 20.1. The van der Waals surface area contributed by atoms with Crippen molar-refractivity contribution >= 4 is 17.6 Å². The number of amides is 2. The first kappa shape index (κ1) is 18.7. The third kappa shape index (κ3) is 4.79. The molecule has 0 bridgehead atoms. The van der Waals surface area contributed by atoms with Gasteiger partial charge in [0.05, 0.1) is 12.8 Å². The molecule has 0 saturated heterocycles. The molecule has 3 heterocycles. The molecule has 1 aromatic carbocycles. The number of nitrogens with zero attached hydrogens (tertiary/aromatic N) is 4. The lowest BCUT2D eigenvalue weighted by Gasteiger charge is -2.04. The van der Waals surface area contributed by atoms with Crippen molar-refractivity contribution in [1.29, 1.82) is 0 Å². The number of benzene rings is 1. The van der Waals surface area contributed by atoms with Crippen LogP contribution in [-0.2, 0) is 13.0 Å². The Kier molecular flexibility index (Phi) is 5.52. The normalized spacial score (nSPS) is 10.8. The molecule has 4 rings (SSSR count). The fraction of sp³-hybridized carbons (Fsp3) is 0.167. The molecule has 0 atom stereocenters. The highest BCUT2D eigenvalue weighted by Gasteiger charge is 2.11. The van der Waals surface area contributed by atoms with Crippen LogP contribution in [0.2, 0.25) is 5.02 Å². The highest BCUT2D eigenvalue weighted by molar-refractivity contribution is 6.30. The van der Waals surface area contributed by atoms with E-state index in [0.29, 0.717) is 47.1 Å². The lowest BCUT2D eigenvalue weighted by molar-refractivity contribution is 0.240. The van der Waals surface area contributed by atoms with Crippen LogP contribution >= 0.6 is 11.6 Å². The van der Waals surface area contributed by atoms with Crippen LogP contribution in [0.25, 0.3) is 23.0 Å². The molecule has 148 valence electrons. The zero-order valence-corrected chi connectivity index (χ0v) is 15.8. The van der Waals surface area contributed by atoms with Crippen LogP contribution in [-0.4, -0.2) is 37.9 Å². The summed E-state index contributed by atoms with van der Waals surface area (Å²) in [4.78, 5) is 20.5. The van der Waals surface area contributed by atoms with Gasteiger partial charge in [-0.05, 0) is 36.4 Å². The van der Waals surface area contributed by atoms with Crippen LogP contribution in [0.1, 0.15) is 11.7 Å². The molecule has 2 amide bonds. The molecular formula is C18H16ClN7O3. The van der Waals surface area contributed by atoms with Crippen molar-refractivity contribution in [2.75, 3.05) is 6.54 Å². The maximum absolute atomic E-state index is 11.9. The van der Waals surface area contributed by atoms with Gasteiger partial charge < -0.3 is 19.6 Å². The number of aromatic nitrogens is 5. The van der Waals surface area contributed by atoms with Crippen molar-refractivity contribution in [2.45, 2.75) is 13.0 Å². The fourth-order valence-electron chi connectivity index (χ4n) is 2.47. The summed E-state index contributed by atoms with van der Waals surface area (Å²) in [6.45, 7) is 0.531. The van der Waals surface area contributed by atoms with Gasteiger partial charge in [0.15, 0.2) is 5.76 Å². The number of carbonyl (C=O) groups is 1. The van der Waals surface area contributed by atoms with E-state index in [-0.39, 0.29) is 12.6 Å². The van der Waals surface area contributed by atoms with Gasteiger partial charge >= 0.3 is 6.03 Å². The maximum Gasteiger partial charge on any atom is 0.315 e. The topological polar surface area (TPSA) is 135 Å². The molecule has 3 aromatic heterocycles. The van der Waals surface area contributed by atoms with Crippen LogP contribution in [0, 0.1) is 0 Å². The van der Waals surface area contributed by atoms with Gasteiger partial charge in [0, 0.05) is 23.6 Å². The summed E-state index contributed by atoms with van der Waals surface area (Å²) < 4.78 is 10.4. The van der Waals surface area contributed by atoms with Gasteiger partial charge in [0.25, 0.3) is 0 Å². The lowest BCUT2D eigenvalue weighted by Crippen LogP contribution is -2.36. The van der Waals surface area contributed by atoms with E-state index in [0.717, 1.165) is 5.56 Å². The Morgan fingerprint density at radius 3 is 2.76 bits per heavy atom. The highest BCUT2D eigenvalue weighted by Crippen LogP contribution is 2.18. The standard InChI is InChI=1S/C18H16ClN7O3/c19-12-5-3-11(4-6-12)16-23-15(29-26-16)7-8-20-18(27)21-10-14-22-17(25-24-14)13-2-1-9-28-13/h1-6,9H,7-8,10H2,(H2,20,21,27)(H,22,24,25). The summed E-state index contributed by atoms with van der Waals surface area (Å²) in [5.41, 5.74) is 0.802. The minimum Gasteiger partial charge on any atom is -0.461 e. The molecule has 0 aliphatic carbocycles. The van der Waals surface area contributed by atoms with Crippen molar-refractivity contribution < 1.29 is 13.7 Å². The van der Waals surface area contributed by atoms with Crippen LogP contribution in [0.5, 0.6) is 0 Å². The van der Waals surface area contributed by atoms with E-state index in [1.807, 2.05) is 12.1 Å². The monoisotopic (exact) mass is 413 g/mol. The predicted octanol–water partition coefficient (Wildman–Crippen LogP) is 2.81. The molecule has 11 heteroatoms. The Balaban J connectivity index is 1.21. The maximum atomic E-state index is 11.9. The molecule has 10 nitrogen and oxygen atoms in total. The number of rotatable bonds is 7. The Bertz CT molecular complexity index is 1070. The zero-order valence-electron chi connectivity index (χ0n) is 15.1. The summed E-state index contributed by atoms with van der Waals surface area (Å²) in [6, 6.07) is 10.3. The first-order valence-corrected chi connectivity index (χ1v) is 9.10. The predicted molar refractivity (Wildman–Crippen MR) is 103 cm³/mol. The van der Waals surface area contributed by atoms with Crippen molar-refractivity contribution in [3.8, 4) is 23.0 Å². The largest absolute Gasteiger partial charge is 0.461 e. The number of H-pyrrole nitrogens is 1. The van der Waals surface area contributed by atoms with E-state index in [9.17, 15) is 4.79 Å². The third-order valence-corrected chi connectivity index (χ3v) is 4.14.